The summed E-state index contributed by atoms with van der Waals surface area (Å²) in [4.78, 5) is 48.5. The minimum atomic E-state index is -1.19. The lowest BCUT2D eigenvalue weighted by atomic mass is 9.82. The topological polar surface area (TPSA) is 133 Å². The fraction of sp³-hybridized carbons (Fsp3) is 0.250. The first-order chi connectivity index (χ1) is 16.2. The molecule has 0 aromatic heterocycles. The number of hydrogen-bond donors (Lipinski definition) is 4. The van der Waals surface area contributed by atoms with Gasteiger partial charge in [-0.3, -0.25) is 14.4 Å². The van der Waals surface area contributed by atoms with Crippen LogP contribution in [0, 0.1) is 11.8 Å². The van der Waals surface area contributed by atoms with Crippen molar-refractivity contribution in [3.8, 4) is 0 Å². The summed E-state index contributed by atoms with van der Waals surface area (Å²) in [6.07, 6.45) is 4.31. The zero-order chi connectivity index (χ0) is 24.8. The first kappa shape index (κ1) is 25.3. The van der Waals surface area contributed by atoms with Crippen molar-refractivity contribution in [2.45, 2.75) is 29.9 Å². The van der Waals surface area contributed by atoms with Gasteiger partial charge in [0.1, 0.15) is 0 Å². The molecule has 0 fully saturated rings. The molecule has 3 atom stereocenters. The highest BCUT2D eigenvalue weighted by Gasteiger charge is 2.33. The highest BCUT2D eigenvalue weighted by atomic mass is 35.5. The van der Waals surface area contributed by atoms with Gasteiger partial charge in [0.05, 0.1) is 27.7 Å². The van der Waals surface area contributed by atoms with Gasteiger partial charge >= 0.3 is 11.9 Å². The molecule has 10 heteroatoms. The van der Waals surface area contributed by atoms with Gasteiger partial charge in [-0.25, -0.2) is 4.79 Å². The first-order valence-electron chi connectivity index (χ1n) is 10.4. The van der Waals surface area contributed by atoms with E-state index in [0.717, 1.165) is 4.90 Å². The zero-order valence-corrected chi connectivity index (χ0v) is 19.7. The summed E-state index contributed by atoms with van der Waals surface area (Å²) in [5.41, 5.74) is 0.762. The van der Waals surface area contributed by atoms with Crippen LogP contribution >= 0.6 is 23.4 Å². The van der Waals surface area contributed by atoms with Crippen LogP contribution < -0.4 is 10.6 Å². The average Bonchev–Trinajstić information content (AvgIpc) is 2.81. The number of carboxylic acid groups (broad SMARTS) is 2. The number of anilines is 2. The summed E-state index contributed by atoms with van der Waals surface area (Å²) >= 11 is 7.14. The lowest BCUT2D eigenvalue weighted by Crippen LogP contribution is -2.34. The number of thioether (sulfide) groups is 1. The Hall–Kier alpha value is -3.30. The molecular weight excluding hydrogens is 480 g/mol. The van der Waals surface area contributed by atoms with E-state index in [1.807, 2.05) is 6.08 Å². The van der Waals surface area contributed by atoms with Gasteiger partial charge in [-0.05, 0) is 62.2 Å². The molecule has 4 N–H and O–H groups in total. The Kier molecular flexibility index (Phi) is 8.36. The molecule has 1 aliphatic carbocycles. The summed E-state index contributed by atoms with van der Waals surface area (Å²) in [7, 11) is 0. The van der Waals surface area contributed by atoms with Crippen LogP contribution in [-0.2, 0) is 14.4 Å². The van der Waals surface area contributed by atoms with Crippen LogP contribution in [0.5, 0.6) is 0 Å². The number of nitrogens with one attached hydrogen (secondary N) is 2. The molecule has 0 saturated carbocycles. The van der Waals surface area contributed by atoms with Crippen molar-refractivity contribution in [3.63, 3.8) is 0 Å². The number of carbonyl (C=O) groups excluding carboxylic acids is 2. The van der Waals surface area contributed by atoms with Crippen molar-refractivity contribution in [3.05, 3.63) is 65.2 Å². The molecule has 0 bridgehead atoms. The summed E-state index contributed by atoms with van der Waals surface area (Å²) in [6, 6.07) is 11.1. The Morgan fingerprint density at radius 2 is 1.56 bits per heavy atom. The molecule has 8 nitrogen and oxygen atoms in total. The quantitative estimate of drug-likeness (QED) is 0.302. The molecule has 3 unspecified atom stereocenters. The van der Waals surface area contributed by atoms with E-state index < -0.39 is 29.0 Å². The summed E-state index contributed by atoms with van der Waals surface area (Å²) in [6.45, 7) is 1.71. The van der Waals surface area contributed by atoms with Crippen LogP contribution in [0.4, 0.5) is 11.4 Å². The van der Waals surface area contributed by atoms with Crippen molar-refractivity contribution in [2.75, 3.05) is 10.6 Å². The third kappa shape index (κ3) is 6.39. The molecule has 2 amide bonds. The highest BCUT2D eigenvalue weighted by Crippen LogP contribution is 2.29. The number of halogens is 1. The van der Waals surface area contributed by atoms with Crippen LogP contribution in [-0.4, -0.2) is 39.2 Å². The molecule has 2 aromatic rings. The monoisotopic (exact) mass is 502 g/mol. The predicted octanol–water partition coefficient (Wildman–Crippen LogP) is 4.76. The number of rotatable bonds is 8. The number of allylic oxidation sites excluding steroid dienone is 2. The van der Waals surface area contributed by atoms with E-state index in [1.165, 1.54) is 30.0 Å². The van der Waals surface area contributed by atoms with Gasteiger partial charge in [0.2, 0.25) is 11.8 Å². The minimum absolute atomic E-state index is 0.0820. The van der Waals surface area contributed by atoms with Crippen LogP contribution in [0.15, 0.2) is 59.5 Å². The maximum absolute atomic E-state index is 12.6. The second kappa shape index (κ2) is 11.2. The van der Waals surface area contributed by atoms with E-state index >= 15 is 0 Å². The Bertz CT molecular complexity index is 1130. The normalized spacial score (nSPS) is 18.1. The molecule has 34 heavy (non-hydrogen) atoms. The van der Waals surface area contributed by atoms with Crippen molar-refractivity contribution >= 4 is 58.5 Å². The molecule has 0 radical (unpaired) electrons. The maximum Gasteiger partial charge on any atom is 0.337 e. The molecule has 0 saturated heterocycles. The van der Waals surface area contributed by atoms with Gasteiger partial charge in [-0.15, -0.1) is 11.8 Å². The number of aromatic carboxylic acids is 1. The highest BCUT2D eigenvalue weighted by molar-refractivity contribution is 8.00. The lowest BCUT2D eigenvalue weighted by molar-refractivity contribution is -0.146. The zero-order valence-electron chi connectivity index (χ0n) is 18.2. The third-order valence-corrected chi connectivity index (χ3v) is 6.80. The van der Waals surface area contributed by atoms with Gasteiger partial charge in [0.25, 0.3) is 0 Å². The van der Waals surface area contributed by atoms with E-state index in [1.54, 1.807) is 37.3 Å². The number of carboxylic acids is 2. The Balaban J connectivity index is 1.57. The van der Waals surface area contributed by atoms with Crippen molar-refractivity contribution in [1.29, 1.82) is 0 Å². The first-order valence-corrected chi connectivity index (χ1v) is 11.7. The lowest BCUT2D eigenvalue weighted by Gasteiger charge is -2.24. The number of carbonyl (C=O) groups is 4. The van der Waals surface area contributed by atoms with Gasteiger partial charge < -0.3 is 20.8 Å². The Morgan fingerprint density at radius 1 is 0.941 bits per heavy atom. The number of benzene rings is 2. The Morgan fingerprint density at radius 3 is 2.18 bits per heavy atom. The van der Waals surface area contributed by atoms with Crippen LogP contribution in [0.25, 0.3) is 0 Å². The standard InChI is InChI=1S/C24H23ClN2O6S/c1-13(21(28)27-15-8-11-20(25)19(12-15)24(32)33)34-16-9-6-14(7-10-16)26-22(29)17-4-2-3-5-18(17)23(30)31/h2-3,6-13,17-18H,4-5H2,1H3,(H,26,29)(H,27,28)(H,30,31)(H,32,33). The average molecular weight is 503 g/mol. The van der Waals surface area contributed by atoms with Crippen molar-refractivity contribution in [1.82, 2.24) is 0 Å². The molecule has 3 rings (SSSR count). The van der Waals surface area contributed by atoms with Crippen molar-refractivity contribution in [2.24, 2.45) is 11.8 Å². The minimum Gasteiger partial charge on any atom is -0.481 e. The number of hydrogen-bond acceptors (Lipinski definition) is 5. The van der Waals surface area contributed by atoms with Gasteiger partial charge in [-0.1, -0.05) is 23.8 Å². The van der Waals surface area contributed by atoms with Crippen molar-refractivity contribution < 1.29 is 29.4 Å². The van der Waals surface area contributed by atoms with Gasteiger partial charge in [-0.2, -0.15) is 0 Å². The molecule has 0 heterocycles. The molecule has 1 aliphatic rings. The largest absolute Gasteiger partial charge is 0.481 e. The van der Waals surface area contributed by atoms with Crippen LogP contribution in [0.1, 0.15) is 30.1 Å². The second-order valence-corrected chi connectivity index (χ2v) is 9.58. The van der Waals surface area contributed by atoms with E-state index in [4.69, 9.17) is 16.7 Å². The van der Waals surface area contributed by atoms with Gasteiger partial charge in [0, 0.05) is 16.3 Å². The SMILES string of the molecule is CC(Sc1ccc(NC(=O)C2CC=CCC2C(=O)O)cc1)C(=O)Nc1ccc(Cl)c(C(=O)O)c1. The molecular formula is C24H23ClN2O6S. The smallest absolute Gasteiger partial charge is 0.337 e. The fourth-order valence-corrected chi connectivity index (χ4v) is 4.56. The molecule has 0 spiro atoms. The summed E-state index contributed by atoms with van der Waals surface area (Å²) < 4.78 is 0. The van der Waals surface area contributed by atoms with E-state index in [9.17, 15) is 24.3 Å². The third-order valence-electron chi connectivity index (χ3n) is 5.35. The van der Waals surface area contributed by atoms with E-state index in [0.29, 0.717) is 24.2 Å². The summed E-state index contributed by atoms with van der Waals surface area (Å²) in [5.74, 6) is -4.20. The second-order valence-electron chi connectivity index (χ2n) is 7.76. The Labute approximate surface area is 205 Å². The predicted molar refractivity (Wildman–Crippen MR) is 130 cm³/mol. The molecule has 2 aromatic carbocycles. The molecule has 0 aliphatic heterocycles. The number of amides is 2. The summed E-state index contributed by atoms with van der Waals surface area (Å²) in [5, 5.41) is 23.5. The van der Waals surface area contributed by atoms with Gasteiger partial charge in [0.15, 0.2) is 0 Å². The molecule has 178 valence electrons. The maximum atomic E-state index is 12.6. The van der Waals surface area contributed by atoms with Crippen LogP contribution in [0.3, 0.4) is 0 Å². The van der Waals surface area contributed by atoms with Crippen LogP contribution in [0.2, 0.25) is 5.02 Å². The van der Waals surface area contributed by atoms with E-state index in [-0.39, 0.29) is 22.4 Å². The fourth-order valence-electron chi connectivity index (χ4n) is 3.50. The number of aliphatic carboxylic acids is 1. The van der Waals surface area contributed by atoms with E-state index in [2.05, 4.69) is 10.6 Å².